The maximum Gasteiger partial charge on any atom is 0.306 e. The molecule has 1 amide bonds. The molecule has 4 rings (SSSR count). The van der Waals surface area contributed by atoms with E-state index in [0.717, 1.165) is 24.1 Å². The Balaban J connectivity index is 1.31. The predicted octanol–water partition coefficient (Wildman–Crippen LogP) is 2.93. The second-order valence-corrected chi connectivity index (χ2v) is 8.92. The number of para-hydroxylation sites is 1. The molecular formula is C26H30N4O4. The molecule has 178 valence electrons. The highest BCUT2D eigenvalue weighted by molar-refractivity contribution is 5.80. The zero-order chi connectivity index (χ0) is 24.2. The van der Waals surface area contributed by atoms with E-state index in [1.807, 2.05) is 55.4 Å². The molecule has 0 spiro atoms. The molecule has 1 aromatic heterocycles. The Morgan fingerprint density at radius 2 is 1.76 bits per heavy atom. The smallest absolute Gasteiger partial charge is 0.306 e. The minimum atomic E-state index is -0.484. The van der Waals surface area contributed by atoms with E-state index in [1.54, 1.807) is 23.7 Å². The van der Waals surface area contributed by atoms with E-state index in [4.69, 9.17) is 4.74 Å². The number of amides is 1. The van der Waals surface area contributed by atoms with Crippen molar-refractivity contribution in [2.45, 2.75) is 38.3 Å². The summed E-state index contributed by atoms with van der Waals surface area (Å²) in [6.45, 7) is 0.116. The molecule has 8 heteroatoms. The average molecular weight is 463 g/mol. The van der Waals surface area contributed by atoms with Gasteiger partial charge in [0, 0.05) is 45.8 Å². The van der Waals surface area contributed by atoms with Gasteiger partial charge in [-0.3, -0.25) is 19.0 Å². The van der Waals surface area contributed by atoms with Gasteiger partial charge in [-0.2, -0.15) is 0 Å². The number of carbonyl (C=O) groups is 2. The Kier molecular flexibility index (Phi) is 6.95. The summed E-state index contributed by atoms with van der Waals surface area (Å²) in [7, 11) is 5.63. The number of anilines is 1. The van der Waals surface area contributed by atoms with Crippen LogP contribution in [0.3, 0.4) is 0 Å². The van der Waals surface area contributed by atoms with E-state index in [2.05, 4.69) is 4.98 Å². The highest BCUT2D eigenvalue weighted by atomic mass is 16.5. The molecule has 0 unspecified atom stereocenters. The van der Waals surface area contributed by atoms with Crippen LogP contribution >= 0.6 is 0 Å². The molecule has 0 atom stereocenters. The van der Waals surface area contributed by atoms with Gasteiger partial charge in [-0.05, 0) is 42.7 Å². The lowest BCUT2D eigenvalue weighted by Gasteiger charge is -2.18. The largest absolute Gasteiger partial charge is 0.456 e. The third-order valence-electron chi connectivity index (χ3n) is 6.00. The fraction of sp³-hybridized carbons (Fsp3) is 0.385. The number of esters is 1. The number of rotatable bonds is 9. The van der Waals surface area contributed by atoms with Crippen molar-refractivity contribution in [3.63, 3.8) is 0 Å². The zero-order valence-corrected chi connectivity index (χ0v) is 19.9. The zero-order valence-electron chi connectivity index (χ0n) is 19.9. The normalized spacial score (nSPS) is 13.0. The van der Waals surface area contributed by atoms with Crippen LogP contribution < -0.4 is 10.5 Å². The van der Waals surface area contributed by atoms with Crippen LogP contribution in [0.1, 0.15) is 36.7 Å². The third kappa shape index (κ3) is 5.44. The summed E-state index contributed by atoms with van der Waals surface area (Å²) >= 11 is 0. The van der Waals surface area contributed by atoms with E-state index in [9.17, 15) is 14.4 Å². The van der Waals surface area contributed by atoms with Crippen molar-refractivity contribution in [2.24, 2.45) is 0 Å². The monoisotopic (exact) mass is 462 g/mol. The minimum Gasteiger partial charge on any atom is -0.456 e. The lowest BCUT2D eigenvalue weighted by molar-refractivity contribution is -0.151. The molecule has 0 radical (unpaired) electrons. The Morgan fingerprint density at radius 1 is 1.06 bits per heavy atom. The van der Waals surface area contributed by atoms with Crippen molar-refractivity contribution < 1.29 is 14.3 Å². The van der Waals surface area contributed by atoms with Crippen molar-refractivity contribution in [1.29, 1.82) is 0 Å². The first kappa shape index (κ1) is 23.5. The van der Waals surface area contributed by atoms with Crippen molar-refractivity contribution >= 4 is 28.5 Å². The highest BCUT2D eigenvalue weighted by Gasteiger charge is 2.28. The number of aromatic nitrogens is 2. The number of hydrogen-bond donors (Lipinski definition) is 0. The van der Waals surface area contributed by atoms with Crippen LogP contribution in [0.5, 0.6) is 0 Å². The van der Waals surface area contributed by atoms with E-state index in [1.165, 1.54) is 4.90 Å². The van der Waals surface area contributed by atoms with Gasteiger partial charge in [0.25, 0.3) is 11.5 Å². The van der Waals surface area contributed by atoms with Crippen LogP contribution in [0.15, 0.2) is 53.3 Å². The van der Waals surface area contributed by atoms with Gasteiger partial charge in [-0.25, -0.2) is 4.98 Å². The fourth-order valence-corrected chi connectivity index (χ4v) is 3.88. The van der Waals surface area contributed by atoms with Crippen LogP contribution in [0.2, 0.25) is 0 Å². The van der Waals surface area contributed by atoms with Gasteiger partial charge >= 0.3 is 5.97 Å². The second-order valence-electron chi connectivity index (χ2n) is 8.92. The van der Waals surface area contributed by atoms with Gasteiger partial charge in [-0.1, -0.05) is 24.3 Å². The summed E-state index contributed by atoms with van der Waals surface area (Å²) in [5, 5.41) is 0.589. The molecule has 2 aromatic carbocycles. The molecular weight excluding hydrogens is 432 g/mol. The Labute approximate surface area is 198 Å². The highest BCUT2D eigenvalue weighted by Crippen LogP contribution is 2.34. The maximum absolute atomic E-state index is 12.9. The van der Waals surface area contributed by atoms with Crippen LogP contribution in [-0.2, 0) is 27.3 Å². The lowest BCUT2D eigenvalue weighted by atomic mass is 10.2. The minimum absolute atomic E-state index is 0.0560. The summed E-state index contributed by atoms with van der Waals surface area (Å²) in [5.74, 6) is -0.168. The first-order valence-electron chi connectivity index (χ1n) is 11.5. The molecule has 8 nitrogen and oxygen atoms in total. The molecule has 34 heavy (non-hydrogen) atoms. The van der Waals surface area contributed by atoms with Crippen LogP contribution in [-0.4, -0.2) is 54.1 Å². The molecule has 1 aliphatic rings. The molecule has 1 heterocycles. The number of carbonyl (C=O) groups excluding carboxylic acids is 2. The van der Waals surface area contributed by atoms with Crippen molar-refractivity contribution in [1.82, 2.24) is 14.5 Å². The summed E-state index contributed by atoms with van der Waals surface area (Å²) in [5.41, 5.74) is 2.64. The van der Waals surface area contributed by atoms with E-state index in [-0.39, 0.29) is 37.0 Å². The standard InChI is InChI=1S/C26H30N4O4/c1-28(2)19-10-8-18(9-11-19)16-29(3)24(31)17-34-25(32)15-14-23-27-22-7-5-4-6-21(22)26(33)30(23)20-12-13-20/h4-11,20H,12-17H2,1-3H3. The van der Waals surface area contributed by atoms with Gasteiger partial charge < -0.3 is 14.5 Å². The summed E-state index contributed by atoms with van der Waals surface area (Å²) < 4.78 is 6.94. The van der Waals surface area contributed by atoms with Gasteiger partial charge in [-0.15, -0.1) is 0 Å². The van der Waals surface area contributed by atoms with E-state index < -0.39 is 5.97 Å². The van der Waals surface area contributed by atoms with Gasteiger partial charge in [0.2, 0.25) is 0 Å². The number of fused-ring (bicyclic) bond motifs is 1. The number of benzene rings is 2. The van der Waals surface area contributed by atoms with E-state index >= 15 is 0 Å². The van der Waals surface area contributed by atoms with Crippen LogP contribution in [0, 0.1) is 0 Å². The number of ether oxygens (including phenoxy) is 1. The lowest BCUT2D eigenvalue weighted by Crippen LogP contribution is -2.31. The summed E-state index contributed by atoms with van der Waals surface area (Å²) in [6, 6.07) is 15.3. The quantitative estimate of drug-likeness (QED) is 0.455. The topological polar surface area (TPSA) is 84.7 Å². The first-order valence-corrected chi connectivity index (χ1v) is 11.5. The van der Waals surface area contributed by atoms with Crippen molar-refractivity contribution in [2.75, 3.05) is 32.6 Å². The average Bonchev–Trinajstić information content (AvgIpc) is 3.66. The molecule has 0 aliphatic heterocycles. The molecule has 1 saturated carbocycles. The molecule has 3 aromatic rings. The number of aryl methyl sites for hydroxylation is 1. The number of likely N-dealkylation sites (N-methyl/N-ethyl adjacent to an activating group) is 1. The van der Waals surface area contributed by atoms with Crippen LogP contribution in [0.25, 0.3) is 10.9 Å². The fourth-order valence-electron chi connectivity index (χ4n) is 3.88. The second kappa shape index (κ2) is 10.1. The van der Waals surface area contributed by atoms with Gasteiger partial charge in [0.05, 0.1) is 17.3 Å². The predicted molar refractivity (Wildman–Crippen MR) is 131 cm³/mol. The van der Waals surface area contributed by atoms with Crippen molar-refractivity contribution in [3.05, 3.63) is 70.3 Å². The summed E-state index contributed by atoms with van der Waals surface area (Å²) in [6.07, 6.45) is 2.23. The molecule has 1 aliphatic carbocycles. The molecule has 1 fully saturated rings. The molecule has 0 bridgehead atoms. The molecule has 0 N–H and O–H groups in total. The maximum atomic E-state index is 12.9. The Bertz CT molecular complexity index is 1250. The SMILES string of the molecule is CN(Cc1ccc(N(C)C)cc1)C(=O)COC(=O)CCc1nc2ccccc2c(=O)n1C1CC1. The van der Waals surface area contributed by atoms with Gasteiger partial charge in [0.15, 0.2) is 6.61 Å². The Morgan fingerprint density at radius 3 is 2.44 bits per heavy atom. The Hall–Kier alpha value is -3.68. The van der Waals surface area contributed by atoms with E-state index in [0.29, 0.717) is 23.3 Å². The number of nitrogens with zero attached hydrogens (tertiary/aromatic N) is 4. The molecule has 0 saturated heterocycles. The third-order valence-corrected chi connectivity index (χ3v) is 6.00. The number of hydrogen-bond acceptors (Lipinski definition) is 6. The van der Waals surface area contributed by atoms with Crippen molar-refractivity contribution in [3.8, 4) is 0 Å². The summed E-state index contributed by atoms with van der Waals surface area (Å²) in [4.78, 5) is 45.9. The first-order chi connectivity index (χ1) is 16.3. The van der Waals surface area contributed by atoms with Gasteiger partial charge in [0.1, 0.15) is 5.82 Å². The van der Waals surface area contributed by atoms with Crippen LogP contribution in [0.4, 0.5) is 5.69 Å².